The van der Waals surface area contributed by atoms with Crippen molar-refractivity contribution in [1.82, 2.24) is 24.6 Å². The molecule has 0 saturated carbocycles. The number of oxazole rings is 1. The van der Waals surface area contributed by atoms with Crippen molar-refractivity contribution in [3.8, 4) is 11.1 Å². The number of nitrogens with one attached hydrogen (secondary N) is 1. The van der Waals surface area contributed by atoms with Crippen molar-refractivity contribution >= 4 is 22.8 Å². The van der Waals surface area contributed by atoms with Crippen LogP contribution < -0.4 is 11.1 Å². The second kappa shape index (κ2) is 8.64. The molecule has 162 valence electrons. The van der Waals surface area contributed by atoms with E-state index in [1.54, 1.807) is 6.20 Å². The van der Waals surface area contributed by atoms with Gasteiger partial charge in [0.25, 0.3) is 6.01 Å². The van der Waals surface area contributed by atoms with Gasteiger partial charge in [-0.25, -0.2) is 4.98 Å². The number of aromatic nitrogens is 3. The standard InChI is InChI=1S/C22H26N6O3/c23-22-26-17-12-15(2-4-19(17)31-22)16-3-5-20-25-13-18(28(20)14-16)21(29)24-6-1-7-27-8-10-30-11-9-27/h2-5,12-14,21,24,29H,1,6-11H2,(H2,23,26). The zero-order valence-electron chi connectivity index (χ0n) is 17.2. The average Bonchev–Trinajstić information content (AvgIpc) is 3.38. The average molecular weight is 422 g/mol. The van der Waals surface area contributed by atoms with Gasteiger partial charge in [0.2, 0.25) is 0 Å². The molecule has 4 N–H and O–H groups in total. The van der Waals surface area contributed by atoms with Crippen molar-refractivity contribution in [2.24, 2.45) is 0 Å². The van der Waals surface area contributed by atoms with E-state index in [4.69, 9.17) is 14.9 Å². The minimum atomic E-state index is -0.798. The van der Waals surface area contributed by atoms with Crippen molar-refractivity contribution in [3.63, 3.8) is 0 Å². The number of aliphatic hydroxyl groups excluding tert-OH is 1. The van der Waals surface area contributed by atoms with Gasteiger partial charge in [-0.15, -0.1) is 0 Å². The smallest absolute Gasteiger partial charge is 0.292 e. The fourth-order valence-corrected chi connectivity index (χ4v) is 3.97. The SMILES string of the molecule is Nc1nc2cc(-c3ccc4ncc(C(O)NCCCN5CCOCC5)n4c3)ccc2o1. The summed E-state index contributed by atoms with van der Waals surface area (Å²) in [6, 6.07) is 9.85. The van der Waals surface area contributed by atoms with E-state index < -0.39 is 6.23 Å². The molecule has 0 spiro atoms. The summed E-state index contributed by atoms with van der Waals surface area (Å²) in [4.78, 5) is 11.0. The topological polar surface area (TPSA) is 114 Å². The lowest BCUT2D eigenvalue weighted by Crippen LogP contribution is -2.38. The largest absolute Gasteiger partial charge is 0.424 e. The van der Waals surface area contributed by atoms with E-state index in [2.05, 4.69) is 20.2 Å². The predicted octanol–water partition coefficient (Wildman–Crippen LogP) is 2.03. The predicted molar refractivity (Wildman–Crippen MR) is 117 cm³/mol. The molecule has 1 aliphatic heterocycles. The fourth-order valence-electron chi connectivity index (χ4n) is 3.97. The Bertz CT molecular complexity index is 1180. The van der Waals surface area contributed by atoms with Crippen molar-refractivity contribution in [1.29, 1.82) is 0 Å². The van der Waals surface area contributed by atoms with E-state index in [1.807, 2.05) is 40.9 Å². The highest BCUT2D eigenvalue weighted by Crippen LogP contribution is 2.26. The van der Waals surface area contributed by atoms with E-state index in [9.17, 15) is 5.11 Å². The van der Waals surface area contributed by atoms with Gasteiger partial charge >= 0.3 is 0 Å². The number of nitrogen functional groups attached to an aromatic ring is 1. The molecule has 1 aromatic carbocycles. The monoisotopic (exact) mass is 422 g/mol. The summed E-state index contributed by atoms with van der Waals surface area (Å²) in [6.07, 6.45) is 3.84. The first kappa shape index (κ1) is 20.0. The minimum absolute atomic E-state index is 0.155. The third kappa shape index (κ3) is 4.26. The zero-order chi connectivity index (χ0) is 21.2. The summed E-state index contributed by atoms with van der Waals surface area (Å²) < 4.78 is 12.6. The van der Waals surface area contributed by atoms with E-state index in [1.165, 1.54) is 0 Å². The summed E-state index contributed by atoms with van der Waals surface area (Å²) in [7, 11) is 0. The molecule has 31 heavy (non-hydrogen) atoms. The number of hydrogen-bond donors (Lipinski definition) is 3. The van der Waals surface area contributed by atoms with Gasteiger partial charge in [-0.1, -0.05) is 6.07 Å². The van der Waals surface area contributed by atoms with Gasteiger partial charge in [-0.2, -0.15) is 4.98 Å². The van der Waals surface area contributed by atoms with Gasteiger partial charge in [-0.05, 0) is 54.9 Å². The number of aliphatic hydroxyl groups is 1. The number of ether oxygens (including phenoxy) is 1. The molecule has 4 aromatic rings. The highest BCUT2D eigenvalue weighted by atomic mass is 16.5. The number of rotatable bonds is 7. The molecule has 0 amide bonds. The van der Waals surface area contributed by atoms with Crippen LogP contribution in [-0.4, -0.2) is 63.8 Å². The molecule has 5 rings (SSSR count). The fraction of sp³-hybridized carbons (Fsp3) is 0.364. The lowest BCUT2D eigenvalue weighted by molar-refractivity contribution is 0.0366. The summed E-state index contributed by atoms with van der Waals surface area (Å²) in [5, 5.41) is 13.9. The number of pyridine rings is 1. The Morgan fingerprint density at radius 2 is 2.00 bits per heavy atom. The summed E-state index contributed by atoms with van der Waals surface area (Å²) in [5.41, 5.74) is 10.5. The first-order chi connectivity index (χ1) is 15.2. The molecule has 1 aliphatic rings. The quantitative estimate of drug-likeness (QED) is 0.306. The number of nitrogens with zero attached hydrogens (tertiary/aromatic N) is 4. The van der Waals surface area contributed by atoms with Gasteiger partial charge < -0.3 is 20.0 Å². The number of anilines is 1. The second-order valence-corrected chi connectivity index (χ2v) is 7.73. The molecule has 3 aromatic heterocycles. The van der Waals surface area contributed by atoms with Crippen molar-refractivity contribution in [2.75, 3.05) is 45.1 Å². The van der Waals surface area contributed by atoms with Gasteiger partial charge in [0, 0.05) is 19.3 Å². The first-order valence-corrected chi connectivity index (χ1v) is 10.5. The first-order valence-electron chi connectivity index (χ1n) is 10.5. The van der Waals surface area contributed by atoms with E-state index in [0.29, 0.717) is 16.8 Å². The summed E-state index contributed by atoms with van der Waals surface area (Å²) in [5.74, 6) is 0. The van der Waals surface area contributed by atoms with Crippen LogP contribution in [0.2, 0.25) is 0 Å². The molecule has 9 heteroatoms. The van der Waals surface area contributed by atoms with Crippen LogP contribution in [0.5, 0.6) is 0 Å². The van der Waals surface area contributed by atoms with Gasteiger partial charge in [0.05, 0.1) is 25.1 Å². The third-order valence-electron chi connectivity index (χ3n) is 5.64. The lowest BCUT2D eigenvalue weighted by Gasteiger charge is -2.26. The molecular formula is C22H26N6O3. The molecule has 1 atom stereocenters. The number of morpholine rings is 1. The van der Waals surface area contributed by atoms with Crippen LogP contribution in [0.3, 0.4) is 0 Å². The Labute approximate surface area is 179 Å². The van der Waals surface area contributed by atoms with Crippen LogP contribution in [0.25, 0.3) is 27.9 Å². The number of nitrogens with two attached hydrogens (primary N) is 1. The number of benzene rings is 1. The van der Waals surface area contributed by atoms with Crippen LogP contribution >= 0.6 is 0 Å². The molecule has 1 saturated heterocycles. The molecule has 0 radical (unpaired) electrons. The normalized spacial score (nSPS) is 16.3. The lowest BCUT2D eigenvalue weighted by atomic mass is 10.1. The van der Waals surface area contributed by atoms with Gasteiger partial charge in [0.1, 0.15) is 17.4 Å². The molecular weight excluding hydrogens is 396 g/mol. The van der Waals surface area contributed by atoms with E-state index >= 15 is 0 Å². The Morgan fingerprint density at radius 1 is 1.16 bits per heavy atom. The number of imidazole rings is 1. The van der Waals surface area contributed by atoms with Crippen molar-refractivity contribution < 1.29 is 14.3 Å². The van der Waals surface area contributed by atoms with E-state index in [-0.39, 0.29) is 6.01 Å². The minimum Gasteiger partial charge on any atom is -0.424 e. The Morgan fingerprint density at radius 3 is 2.87 bits per heavy atom. The highest BCUT2D eigenvalue weighted by Gasteiger charge is 2.15. The van der Waals surface area contributed by atoms with Crippen LogP contribution in [-0.2, 0) is 4.74 Å². The summed E-state index contributed by atoms with van der Waals surface area (Å²) >= 11 is 0. The number of hydrogen-bond acceptors (Lipinski definition) is 8. The highest BCUT2D eigenvalue weighted by molar-refractivity contribution is 5.81. The molecule has 0 aliphatic carbocycles. The van der Waals surface area contributed by atoms with Crippen molar-refractivity contribution in [3.05, 3.63) is 48.4 Å². The molecule has 1 unspecified atom stereocenters. The molecule has 9 nitrogen and oxygen atoms in total. The maximum atomic E-state index is 10.7. The molecule has 1 fully saturated rings. The Balaban J connectivity index is 1.29. The van der Waals surface area contributed by atoms with Crippen molar-refractivity contribution in [2.45, 2.75) is 12.6 Å². The van der Waals surface area contributed by atoms with Crippen LogP contribution in [0.15, 0.2) is 47.1 Å². The van der Waals surface area contributed by atoms with Gasteiger partial charge in [-0.3, -0.25) is 14.6 Å². The maximum absolute atomic E-state index is 10.7. The van der Waals surface area contributed by atoms with Gasteiger partial charge in [0.15, 0.2) is 5.58 Å². The number of fused-ring (bicyclic) bond motifs is 2. The zero-order valence-corrected chi connectivity index (χ0v) is 17.2. The second-order valence-electron chi connectivity index (χ2n) is 7.73. The van der Waals surface area contributed by atoms with Crippen LogP contribution in [0, 0.1) is 0 Å². The maximum Gasteiger partial charge on any atom is 0.292 e. The third-order valence-corrected chi connectivity index (χ3v) is 5.64. The van der Waals surface area contributed by atoms with Crippen LogP contribution in [0.1, 0.15) is 18.3 Å². The van der Waals surface area contributed by atoms with E-state index in [0.717, 1.165) is 62.6 Å². The van der Waals surface area contributed by atoms with Crippen LogP contribution in [0.4, 0.5) is 6.01 Å². The Hall–Kier alpha value is -2.98. The summed E-state index contributed by atoms with van der Waals surface area (Å²) in [6.45, 7) is 5.27. The molecule has 4 heterocycles. The Kier molecular flexibility index (Phi) is 5.56. The molecule has 0 bridgehead atoms.